The molecule has 3 amide bonds. The van der Waals surface area contributed by atoms with Crippen molar-refractivity contribution in [2.24, 2.45) is 5.73 Å². The van der Waals surface area contributed by atoms with Crippen molar-refractivity contribution in [2.75, 3.05) is 0 Å². The average Bonchev–Trinajstić information content (AvgIpc) is 2.15. The van der Waals surface area contributed by atoms with Gasteiger partial charge in [-0.3, -0.25) is 19.3 Å². The van der Waals surface area contributed by atoms with Crippen LogP contribution in [0.2, 0.25) is 0 Å². The van der Waals surface area contributed by atoms with Crippen LogP contribution in [0.3, 0.4) is 0 Å². The van der Waals surface area contributed by atoms with Gasteiger partial charge in [0.2, 0.25) is 11.8 Å². The summed E-state index contributed by atoms with van der Waals surface area (Å²) < 4.78 is 0. The zero-order valence-electron chi connectivity index (χ0n) is 7.89. The molecule has 0 unspecified atom stereocenters. The molecule has 1 aliphatic rings. The normalized spacial score (nSPS) is 16.8. The zero-order chi connectivity index (χ0) is 12.3. The number of primary amides is 1. The van der Waals surface area contributed by atoms with E-state index in [0.717, 1.165) is 11.1 Å². The Labute approximate surface area is 95.5 Å². The van der Waals surface area contributed by atoms with Gasteiger partial charge < -0.3 is 11.1 Å². The highest BCUT2D eigenvalue weighted by Gasteiger charge is 2.27. The van der Waals surface area contributed by atoms with Crippen molar-refractivity contribution in [1.82, 2.24) is 10.2 Å². The fourth-order valence-electron chi connectivity index (χ4n) is 0.967. The van der Waals surface area contributed by atoms with Crippen LogP contribution in [0.25, 0.3) is 0 Å². The van der Waals surface area contributed by atoms with Gasteiger partial charge in [0, 0.05) is 6.20 Å². The smallest absolute Gasteiger partial charge is 0.260 e. The third-order valence-electron chi connectivity index (χ3n) is 1.69. The Morgan fingerprint density at radius 3 is 2.69 bits per heavy atom. The van der Waals surface area contributed by atoms with Gasteiger partial charge in [0.05, 0.1) is 0 Å². The van der Waals surface area contributed by atoms with Crippen LogP contribution in [0.5, 0.6) is 0 Å². The number of nitrogens with zero attached hydrogens (tertiary/aromatic N) is 2. The fraction of sp³-hybridized carbons (Fsp3) is 0.125. The number of hydrogen-bond donors (Lipinski definition) is 2. The lowest BCUT2D eigenvalue weighted by atomic mass is 10.2. The SMILES string of the molecule is N#C/C(=C/N1C(=O)CC(=O)NC1=S)C(N)=O. The van der Waals surface area contributed by atoms with E-state index in [9.17, 15) is 14.4 Å². The van der Waals surface area contributed by atoms with Gasteiger partial charge in [-0.25, -0.2) is 0 Å². The summed E-state index contributed by atoms with van der Waals surface area (Å²) in [4.78, 5) is 33.8. The van der Waals surface area contributed by atoms with Crippen molar-refractivity contribution in [1.29, 1.82) is 5.26 Å². The summed E-state index contributed by atoms with van der Waals surface area (Å²) in [5, 5.41) is 10.6. The molecule has 1 heterocycles. The summed E-state index contributed by atoms with van der Waals surface area (Å²) in [6.07, 6.45) is 0.514. The van der Waals surface area contributed by atoms with Crippen molar-refractivity contribution in [3.63, 3.8) is 0 Å². The van der Waals surface area contributed by atoms with Crippen LogP contribution in [0.1, 0.15) is 6.42 Å². The number of carbonyl (C=O) groups is 3. The molecule has 0 aromatic heterocycles. The van der Waals surface area contributed by atoms with Crippen LogP contribution in [0.15, 0.2) is 11.8 Å². The molecule has 0 aromatic carbocycles. The third-order valence-corrected chi connectivity index (χ3v) is 1.99. The Bertz CT molecular complexity index is 442. The lowest BCUT2D eigenvalue weighted by molar-refractivity contribution is -0.133. The maximum Gasteiger partial charge on any atom is 0.260 e. The molecule has 1 rings (SSSR count). The fourth-order valence-corrected chi connectivity index (χ4v) is 1.24. The molecule has 16 heavy (non-hydrogen) atoms. The first kappa shape index (κ1) is 11.8. The molecule has 0 aliphatic carbocycles. The number of nitriles is 1. The van der Waals surface area contributed by atoms with Gasteiger partial charge in [0.15, 0.2) is 5.11 Å². The maximum absolute atomic E-state index is 11.4. The number of thiocarbonyl (C=S) groups is 1. The maximum atomic E-state index is 11.4. The standard InChI is InChI=1S/C8H6N4O3S/c9-2-4(7(10)15)3-12-6(14)1-5(13)11-8(12)16/h3H,1H2,(H2,10,15)(H,11,13,16)/b4-3-. The number of carbonyl (C=O) groups excluding carboxylic acids is 3. The largest absolute Gasteiger partial charge is 0.365 e. The van der Waals surface area contributed by atoms with Gasteiger partial charge >= 0.3 is 0 Å². The predicted octanol–water partition coefficient (Wildman–Crippen LogP) is -1.49. The molecule has 0 aromatic rings. The monoisotopic (exact) mass is 238 g/mol. The van der Waals surface area contributed by atoms with Gasteiger partial charge in [-0.15, -0.1) is 0 Å². The minimum atomic E-state index is -0.977. The molecule has 1 fully saturated rings. The van der Waals surface area contributed by atoms with Crippen LogP contribution in [0.4, 0.5) is 0 Å². The lowest BCUT2D eigenvalue weighted by Crippen LogP contribution is -2.50. The number of nitrogens with one attached hydrogen (secondary N) is 1. The molecule has 0 spiro atoms. The van der Waals surface area contributed by atoms with Crippen LogP contribution in [-0.4, -0.2) is 27.7 Å². The Morgan fingerprint density at radius 2 is 2.25 bits per heavy atom. The first-order chi connectivity index (χ1) is 7.45. The van der Waals surface area contributed by atoms with Crippen molar-refractivity contribution in [3.8, 4) is 6.07 Å². The molecule has 82 valence electrons. The van der Waals surface area contributed by atoms with Crippen LogP contribution in [-0.2, 0) is 14.4 Å². The second kappa shape index (κ2) is 4.50. The molecule has 0 bridgehead atoms. The van der Waals surface area contributed by atoms with E-state index in [2.05, 4.69) is 5.32 Å². The number of hydrogen-bond acceptors (Lipinski definition) is 5. The highest BCUT2D eigenvalue weighted by molar-refractivity contribution is 7.80. The van der Waals surface area contributed by atoms with E-state index in [1.807, 2.05) is 0 Å². The summed E-state index contributed by atoms with van der Waals surface area (Å²) in [5.41, 5.74) is 4.46. The van der Waals surface area contributed by atoms with Crippen molar-refractivity contribution in [2.45, 2.75) is 6.42 Å². The van der Waals surface area contributed by atoms with Gasteiger partial charge in [-0.2, -0.15) is 5.26 Å². The molecule has 0 atom stereocenters. The predicted molar refractivity (Wildman–Crippen MR) is 55.1 cm³/mol. The van der Waals surface area contributed by atoms with E-state index in [-0.39, 0.29) is 5.11 Å². The lowest BCUT2D eigenvalue weighted by Gasteiger charge is -2.23. The van der Waals surface area contributed by atoms with Crippen LogP contribution >= 0.6 is 12.2 Å². The Kier molecular flexibility index (Phi) is 3.32. The Morgan fingerprint density at radius 1 is 1.62 bits per heavy atom. The molecule has 8 heteroatoms. The topological polar surface area (TPSA) is 116 Å². The summed E-state index contributed by atoms with van der Waals surface area (Å²) in [6, 6.07) is 1.52. The van der Waals surface area contributed by atoms with Crippen LogP contribution < -0.4 is 11.1 Å². The van der Waals surface area contributed by atoms with E-state index in [1.54, 1.807) is 0 Å². The molecule has 1 saturated heterocycles. The highest BCUT2D eigenvalue weighted by atomic mass is 32.1. The summed E-state index contributed by atoms with van der Waals surface area (Å²) in [5.74, 6) is -2.13. The average molecular weight is 238 g/mol. The summed E-state index contributed by atoms with van der Waals surface area (Å²) in [7, 11) is 0. The van der Waals surface area contributed by atoms with Gasteiger partial charge in [0.25, 0.3) is 5.91 Å². The second-order valence-electron chi connectivity index (χ2n) is 2.81. The van der Waals surface area contributed by atoms with Crippen molar-refractivity contribution < 1.29 is 14.4 Å². The highest BCUT2D eigenvalue weighted by Crippen LogP contribution is 2.06. The van der Waals surface area contributed by atoms with Gasteiger partial charge in [-0.05, 0) is 12.2 Å². The first-order valence-corrected chi connectivity index (χ1v) is 4.44. The van der Waals surface area contributed by atoms with E-state index in [0.29, 0.717) is 0 Å². The van der Waals surface area contributed by atoms with E-state index >= 15 is 0 Å². The first-order valence-electron chi connectivity index (χ1n) is 4.03. The van der Waals surface area contributed by atoms with E-state index in [1.165, 1.54) is 6.07 Å². The second-order valence-corrected chi connectivity index (χ2v) is 3.20. The molecular formula is C8H6N4O3S. The van der Waals surface area contributed by atoms with Gasteiger partial charge in [0.1, 0.15) is 18.1 Å². The van der Waals surface area contributed by atoms with Crippen molar-refractivity contribution in [3.05, 3.63) is 11.8 Å². The summed E-state index contributed by atoms with van der Waals surface area (Å²) in [6.45, 7) is 0. The zero-order valence-corrected chi connectivity index (χ0v) is 8.71. The minimum absolute atomic E-state index is 0.185. The number of rotatable bonds is 2. The summed E-state index contributed by atoms with van der Waals surface area (Å²) >= 11 is 4.70. The molecule has 7 nitrogen and oxygen atoms in total. The van der Waals surface area contributed by atoms with Crippen LogP contribution in [0, 0.1) is 11.3 Å². The quantitative estimate of drug-likeness (QED) is 0.263. The molecule has 3 N–H and O–H groups in total. The third kappa shape index (κ3) is 2.40. The Balaban J connectivity index is 3.01. The molecular weight excluding hydrogens is 232 g/mol. The van der Waals surface area contributed by atoms with E-state index < -0.39 is 29.7 Å². The Hall–Kier alpha value is -2.27. The number of nitrogens with two attached hydrogens (primary N) is 1. The number of amides is 3. The molecule has 0 radical (unpaired) electrons. The van der Waals surface area contributed by atoms with Gasteiger partial charge in [-0.1, -0.05) is 0 Å². The molecule has 0 saturated carbocycles. The van der Waals surface area contributed by atoms with E-state index in [4.69, 9.17) is 23.2 Å². The minimum Gasteiger partial charge on any atom is -0.365 e. The molecule has 1 aliphatic heterocycles. The van der Waals surface area contributed by atoms with Crippen molar-refractivity contribution >= 4 is 35.1 Å².